The number of nitrogens with zero attached hydrogens (tertiary/aromatic N) is 1. The van der Waals surface area contributed by atoms with Gasteiger partial charge >= 0.3 is 5.97 Å². The second kappa shape index (κ2) is 2.33. The minimum atomic E-state index is -0.929. The Labute approximate surface area is 69.6 Å². The van der Waals surface area contributed by atoms with E-state index in [0.29, 0.717) is 5.92 Å². The molecule has 0 radical (unpaired) electrons. The molecule has 0 saturated heterocycles. The Morgan fingerprint density at radius 3 is 3.17 bits per heavy atom. The van der Waals surface area contributed by atoms with Crippen molar-refractivity contribution in [1.82, 2.24) is 10.2 Å². The molecule has 1 aliphatic carbocycles. The molecule has 2 N–H and O–H groups in total. The highest BCUT2D eigenvalue weighted by molar-refractivity contribution is 5.87. The molecule has 1 heterocycles. The van der Waals surface area contributed by atoms with E-state index in [1.165, 1.54) is 0 Å². The van der Waals surface area contributed by atoms with Crippen LogP contribution in [0.3, 0.4) is 0 Å². The monoisotopic (exact) mass is 166 g/mol. The van der Waals surface area contributed by atoms with Gasteiger partial charge in [-0.3, -0.25) is 5.10 Å². The molecule has 12 heavy (non-hydrogen) atoms. The Balaban J connectivity index is 2.49. The topological polar surface area (TPSA) is 66.0 Å². The normalized spacial score (nSPS) is 20.9. The Morgan fingerprint density at radius 2 is 2.50 bits per heavy atom. The number of hydrogen-bond donors (Lipinski definition) is 2. The fourth-order valence-corrected chi connectivity index (χ4v) is 1.72. The quantitative estimate of drug-likeness (QED) is 0.657. The smallest absolute Gasteiger partial charge is 0.356 e. The van der Waals surface area contributed by atoms with E-state index >= 15 is 0 Å². The van der Waals surface area contributed by atoms with E-state index < -0.39 is 5.97 Å². The van der Waals surface area contributed by atoms with Gasteiger partial charge in [-0.2, -0.15) is 5.10 Å². The summed E-state index contributed by atoms with van der Waals surface area (Å²) in [5.74, 6) is -0.498. The van der Waals surface area contributed by atoms with Crippen LogP contribution in [0.5, 0.6) is 0 Å². The van der Waals surface area contributed by atoms with Crippen LogP contribution in [0.2, 0.25) is 0 Å². The van der Waals surface area contributed by atoms with E-state index in [1.807, 2.05) is 0 Å². The van der Waals surface area contributed by atoms with Crippen LogP contribution in [-0.2, 0) is 6.42 Å². The molecule has 0 unspecified atom stereocenters. The second-order valence-corrected chi connectivity index (χ2v) is 3.21. The summed E-state index contributed by atoms with van der Waals surface area (Å²) in [5, 5.41) is 15.3. The number of carboxylic acids is 1. The number of nitrogens with one attached hydrogen (secondary N) is 1. The summed E-state index contributed by atoms with van der Waals surface area (Å²) in [6, 6.07) is 0. The minimum Gasteiger partial charge on any atom is -0.476 e. The van der Waals surface area contributed by atoms with Crippen LogP contribution < -0.4 is 0 Å². The van der Waals surface area contributed by atoms with E-state index in [4.69, 9.17) is 5.11 Å². The number of aromatic amines is 1. The molecule has 0 saturated carbocycles. The minimum absolute atomic E-state index is 0.203. The molecule has 64 valence electrons. The van der Waals surface area contributed by atoms with E-state index in [0.717, 1.165) is 24.1 Å². The van der Waals surface area contributed by atoms with Crippen molar-refractivity contribution in [3.8, 4) is 0 Å². The third kappa shape index (κ3) is 0.841. The van der Waals surface area contributed by atoms with Crippen molar-refractivity contribution in [1.29, 1.82) is 0 Å². The summed E-state index contributed by atoms with van der Waals surface area (Å²) in [5.41, 5.74) is 2.11. The van der Waals surface area contributed by atoms with Crippen molar-refractivity contribution in [3.63, 3.8) is 0 Å². The van der Waals surface area contributed by atoms with Crippen molar-refractivity contribution >= 4 is 5.97 Å². The number of hydrogen-bond acceptors (Lipinski definition) is 2. The van der Waals surface area contributed by atoms with Crippen LogP contribution in [-0.4, -0.2) is 21.3 Å². The Hall–Kier alpha value is -1.32. The lowest BCUT2D eigenvalue weighted by Gasteiger charge is -1.96. The first-order valence-corrected chi connectivity index (χ1v) is 4.00. The SMILES string of the molecule is C[C@@H]1CCc2c(C(=O)O)n[nH]c21. The molecule has 4 heteroatoms. The van der Waals surface area contributed by atoms with Gasteiger partial charge in [-0.15, -0.1) is 0 Å². The van der Waals surface area contributed by atoms with Gasteiger partial charge < -0.3 is 5.11 Å². The predicted octanol–water partition coefficient (Wildman–Crippen LogP) is 1.16. The summed E-state index contributed by atoms with van der Waals surface area (Å²) < 4.78 is 0. The molecule has 0 aromatic carbocycles. The molecule has 0 aliphatic heterocycles. The molecular weight excluding hydrogens is 156 g/mol. The molecule has 4 nitrogen and oxygen atoms in total. The average Bonchev–Trinajstić information content (AvgIpc) is 2.53. The summed E-state index contributed by atoms with van der Waals surface area (Å²) in [6.45, 7) is 2.08. The molecule has 0 bridgehead atoms. The number of carboxylic acid groups (broad SMARTS) is 1. The van der Waals surface area contributed by atoms with Crippen LogP contribution >= 0.6 is 0 Å². The van der Waals surface area contributed by atoms with Crippen LogP contribution in [0, 0.1) is 0 Å². The maximum atomic E-state index is 10.6. The number of carbonyl (C=O) groups is 1. The third-order valence-electron chi connectivity index (χ3n) is 2.42. The zero-order valence-corrected chi connectivity index (χ0v) is 6.79. The second-order valence-electron chi connectivity index (χ2n) is 3.21. The fraction of sp³-hybridized carbons (Fsp3) is 0.500. The summed E-state index contributed by atoms with van der Waals surface area (Å²) in [6.07, 6.45) is 1.87. The van der Waals surface area contributed by atoms with Crippen molar-refractivity contribution in [2.75, 3.05) is 0 Å². The standard InChI is InChI=1S/C8H10N2O2/c1-4-2-3-5-6(4)9-10-7(5)8(11)12/h4H,2-3H2,1H3,(H,9,10)(H,11,12)/t4-/m1/s1. The van der Waals surface area contributed by atoms with E-state index in [9.17, 15) is 4.79 Å². The van der Waals surface area contributed by atoms with Crippen LogP contribution in [0.15, 0.2) is 0 Å². The van der Waals surface area contributed by atoms with Crippen molar-refractivity contribution in [2.24, 2.45) is 0 Å². The first-order valence-electron chi connectivity index (χ1n) is 4.00. The highest BCUT2D eigenvalue weighted by Gasteiger charge is 2.27. The molecule has 1 aliphatic rings. The van der Waals surface area contributed by atoms with Gasteiger partial charge in [0.05, 0.1) is 0 Å². The third-order valence-corrected chi connectivity index (χ3v) is 2.42. The first-order chi connectivity index (χ1) is 5.70. The van der Waals surface area contributed by atoms with E-state index in [-0.39, 0.29) is 5.69 Å². The van der Waals surface area contributed by atoms with Gasteiger partial charge in [0, 0.05) is 11.3 Å². The fourth-order valence-electron chi connectivity index (χ4n) is 1.72. The highest BCUT2D eigenvalue weighted by Crippen LogP contribution is 2.32. The lowest BCUT2D eigenvalue weighted by Crippen LogP contribution is -2.00. The molecule has 0 fully saturated rings. The van der Waals surface area contributed by atoms with Gasteiger partial charge in [0.15, 0.2) is 5.69 Å². The summed E-state index contributed by atoms with van der Waals surface area (Å²) in [7, 11) is 0. The van der Waals surface area contributed by atoms with Gasteiger partial charge in [-0.1, -0.05) is 6.92 Å². The Kier molecular flexibility index (Phi) is 1.43. The number of fused-ring (bicyclic) bond motifs is 1. The maximum absolute atomic E-state index is 10.6. The zero-order chi connectivity index (χ0) is 8.72. The summed E-state index contributed by atoms with van der Waals surface area (Å²) >= 11 is 0. The van der Waals surface area contributed by atoms with Crippen molar-refractivity contribution in [2.45, 2.75) is 25.7 Å². The lowest BCUT2D eigenvalue weighted by molar-refractivity contribution is 0.0689. The molecule has 1 atom stereocenters. The Bertz CT molecular complexity index is 330. The number of H-pyrrole nitrogens is 1. The molecular formula is C8H10N2O2. The predicted molar refractivity (Wildman–Crippen MR) is 42.3 cm³/mol. The number of aromatic carboxylic acids is 1. The van der Waals surface area contributed by atoms with Crippen molar-refractivity contribution in [3.05, 3.63) is 17.0 Å². The van der Waals surface area contributed by atoms with Crippen LogP contribution in [0.1, 0.15) is 41.0 Å². The highest BCUT2D eigenvalue weighted by atomic mass is 16.4. The van der Waals surface area contributed by atoms with Crippen LogP contribution in [0.4, 0.5) is 0 Å². The van der Waals surface area contributed by atoms with E-state index in [1.54, 1.807) is 0 Å². The Morgan fingerprint density at radius 1 is 1.75 bits per heavy atom. The molecule has 1 aromatic rings. The zero-order valence-electron chi connectivity index (χ0n) is 6.79. The van der Waals surface area contributed by atoms with Crippen LogP contribution in [0.25, 0.3) is 0 Å². The van der Waals surface area contributed by atoms with Gasteiger partial charge in [0.1, 0.15) is 0 Å². The van der Waals surface area contributed by atoms with Gasteiger partial charge in [0.2, 0.25) is 0 Å². The molecule has 0 amide bonds. The van der Waals surface area contributed by atoms with Gasteiger partial charge in [-0.05, 0) is 18.8 Å². The lowest BCUT2D eigenvalue weighted by atomic mass is 10.1. The molecule has 2 rings (SSSR count). The number of rotatable bonds is 1. The number of aromatic nitrogens is 2. The van der Waals surface area contributed by atoms with Gasteiger partial charge in [-0.25, -0.2) is 4.79 Å². The molecule has 0 spiro atoms. The molecule has 1 aromatic heterocycles. The van der Waals surface area contributed by atoms with E-state index in [2.05, 4.69) is 17.1 Å². The largest absolute Gasteiger partial charge is 0.476 e. The van der Waals surface area contributed by atoms with Crippen molar-refractivity contribution < 1.29 is 9.90 Å². The van der Waals surface area contributed by atoms with Gasteiger partial charge in [0.25, 0.3) is 0 Å². The first kappa shape index (κ1) is 7.34. The average molecular weight is 166 g/mol. The summed E-state index contributed by atoms with van der Waals surface area (Å²) in [4.78, 5) is 10.6. The maximum Gasteiger partial charge on any atom is 0.356 e.